The molecule has 72 heavy (non-hydrogen) atoms. The van der Waals surface area contributed by atoms with Gasteiger partial charge in [0.1, 0.15) is 12.7 Å². The number of esters is 3. The van der Waals surface area contributed by atoms with Crippen molar-refractivity contribution in [1.29, 1.82) is 0 Å². The first-order valence-electron chi connectivity index (χ1n) is 29.5. The molecule has 0 spiro atoms. The second-order valence-corrected chi connectivity index (χ2v) is 21.3. The third-order valence-electron chi connectivity index (χ3n) is 12.7. The second-order valence-electron chi connectivity index (χ2n) is 19.8. The Morgan fingerprint density at radius 1 is 0.389 bits per heavy atom. The normalized spacial score (nSPS) is 13.7. The highest BCUT2D eigenvalue weighted by Crippen LogP contribution is 2.43. The highest BCUT2D eigenvalue weighted by atomic mass is 31.2. The van der Waals surface area contributed by atoms with E-state index in [0.717, 1.165) is 96.3 Å². The molecule has 0 aromatic carbocycles. The van der Waals surface area contributed by atoms with Crippen LogP contribution in [0.4, 0.5) is 0 Å². The van der Waals surface area contributed by atoms with E-state index in [1.807, 2.05) is 0 Å². The van der Waals surface area contributed by atoms with Crippen molar-refractivity contribution in [2.45, 2.75) is 290 Å². The van der Waals surface area contributed by atoms with Crippen LogP contribution in [0.2, 0.25) is 0 Å². The van der Waals surface area contributed by atoms with Crippen LogP contribution in [0.5, 0.6) is 0 Å². The van der Waals surface area contributed by atoms with Gasteiger partial charge in [0.25, 0.3) is 0 Å². The Morgan fingerprint density at radius 3 is 1.11 bits per heavy atom. The Balaban J connectivity index is 4.73. The molecule has 0 saturated carbocycles. The molecule has 0 heterocycles. The van der Waals surface area contributed by atoms with Crippen LogP contribution in [0.25, 0.3) is 0 Å². The number of phosphoric acid groups is 1. The van der Waals surface area contributed by atoms with E-state index < -0.39 is 57.8 Å². The molecule has 0 saturated heterocycles. The number of unbranched alkanes of at least 4 members (excludes halogenated alkanes) is 30. The fraction of sp³-hybridized carbons (Fsp3) is 0.817. The van der Waals surface area contributed by atoms with Gasteiger partial charge in [-0.1, -0.05) is 211 Å². The first-order chi connectivity index (χ1) is 35.2. The lowest BCUT2D eigenvalue weighted by Gasteiger charge is -2.21. The van der Waals surface area contributed by atoms with Crippen LogP contribution in [0.15, 0.2) is 48.6 Å². The predicted molar refractivity (Wildman–Crippen MR) is 298 cm³/mol. The summed E-state index contributed by atoms with van der Waals surface area (Å²) in [5, 5.41) is 9.79. The standard InChI is InChI=1S/C60H109O11P/c1-4-7-10-13-16-19-22-24-26-28-30-32-35-37-40-43-46-49-58(62)67-53-57(71-60(64)51-48-45-42-39-36-33-31-29-27-25-23-20-17-14-11-8-5-2)55-69-72(65,66)68-54-56(52-61)70-59(63)50-47-44-41-38-34-21-18-15-12-9-6-3/h15-16,18-19,24-27,56-57,61H,4-14,17,20-23,28-55H2,1-3H3,(H,65,66)/b18-15-,19-16-,26-24-,27-25-. The quantitative estimate of drug-likeness (QED) is 0.0197. The zero-order valence-corrected chi connectivity index (χ0v) is 47.3. The maximum atomic E-state index is 12.9. The predicted octanol–water partition coefficient (Wildman–Crippen LogP) is 17.4. The van der Waals surface area contributed by atoms with E-state index in [0.29, 0.717) is 19.3 Å². The zero-order chi connectivity index (χ0) is 52.7. The Hall–Kier alpha value is -2.56. The first-order valence-corrected chi connectivity index (χ1v) is 31.0. The number of allylic oxidation sites excluding steroid dienone is 8. The number of carbonyl (C=O) groups is 3. The molecule has 11 nitrogen and oxygen atoms in total. The number of aliphatic hydroxyl groups excluding tert-OH is 1. The van der Waals surface area contributed by atoms with Crippen LogP contribution < -0.4 is 0 Å². The third-order valence-corrected chi connectivity index (χ3v) is 13.6. The van der Waals surface area contributed by atoms with Gasteiger partial charge in [-0.3, -0.25) is 23.4 Å². The summed E-state index contributed by atoms with van der Waals surface area (Å²) in [6.07, 6.45) is 57.8. The van der Waals surface area contributed by atoms with Crippen LogP contribution in [0.3, 0.4) is 0 Å². The van der Waals surface area contributed by atoms with Crippen LogP contribution >= 0.6 is 7.82 Å². The molecule has 0 amide bonds. The number of rotatable bonds is 55. The van der Waals surface area contributed by atoms with Crippen LogP contribution in [0.1, 0.15) is 278 Å². The first kappa shape index (κ1) is 69.4. The van der Waals surface area contributed by atoms with Crippen molar-refractivity contribution in [2.24, 2.45) is 0 Å². The lowest BCUT2D eigenvalue weighted by molar-refractivity contribution is -0.161. The van der Waals surface area contributed by atoms with Gasteiger partial charge in [-0.2, -0.15) is 0 Å². The minimum absolute atomic E-state index is 0.162. The Labute approximate surface area is 441 Å². The van der Waals surface area contributed by atoms with Gasteiger partial charge in [0, 0.05) is 19.3 Å². The van der Waals surface area contributed by atoms with Crippen molar-refractivity contribution >= 4 is 25.7 Å². The molecule has 3 atom stereocenters. The van der Waals surface area contributed by atoms with Crippen LogP contribution in [-0.2, 0) is 42.2 Å². The molecule has 0 aliphatic carbocycles. The van der Waals surface area contributed by atoms with Crippen molar-refractivity contribution in [3.05, 3.63) is 48.6 Å². The lowest BCUT2D eigenvalue weighted by atomic mass is 10.1. The maximum absolute atomic E-state index is 12.9. The summed E-state index contributed by atoms with van der Waals surface area (Å²) in [5.41, 5.74) is 0. The molecule has 0 aromatic rings. The van der Waals surface area contributed by atoms with Gasteiger partial charge in [0.15, 0.2) is 6.10 Å². The second kappa shape index (κ2) is 54.7. The summed E-state index contributed by atoms with van der Waals surface area (Å²) in [6, 6.07) is 0. The van der Waals surface area contributed by atoms with Crippen molar-refractivity contribution in [3.63, 3.8) is 0 Å². The largest absolute Gasteiger partial charge is 0.472 e. The van der Waals surface area contributed by atoms with E-state index >= 15 is 0 Å². The number of aliphatic hydroxyl groups is 1. The van der Waals surface area contributed by atoms with Gasteiger partial charge in [0.05, 0.1) is 19.8 Å². The molecule has 0 aliphatic heterocycles. The Morgan fingerprint density at radius 2 is 0.694 bits per heavy atom. The van der Waals surface area contributed by atoms with Crippen molar-refractivity contribution in [1.82, 2.24) is 0 Å². The topological polar surface area (TPSA) is 155 Å². The van der Waals surface area contributed by atoms with Gasteiger partial charge in [0.2, 0.25) is 0 Å². The molecule has 420 valence electrons. The Kier molecular flexibility index (Phi) is 52.7. The molecule has 3 unspecified atom stereocenters. The summed E-state index contributed by atoms with van der Waals surface area (Å²) in [6.45, 7) is 4.58. The SMILES string of the molecule is CCCC/C=C\CCCCCCCC(=O)OC(CO)COP(=O)(O)OCC(COC(=O)CCCCCCCCC/C=C\C/C=C\CCCCC)OC(=O)CCCCCCCCC/C=C\CCCCCCCC. The lowest BCUT2D eigenvalue weighted by Crippen LogP contribution is -2.30. The smallest absolute Gasteiger partial charge is 0.462 e. The fourth-order valence-corrected chi connectivity index (χ4v) is 8.91. The van der Waals surface area contributed by atoms with Crippen LogP contribution in [-0.4, -0.2) is 66.5 Å². The van der Waals surface area contributed by atoms with Gasteiger partial charge in [-0.25, -0.2) is 4.57 Å². The molecular weight excluding hydrogens is 928 g/mol. The maximum Gasteiger partial charge on any atom is 0.472 e. The number of phosphoric ester groups is 1. The molecule has 12 heteroatoms. The number of hydrogen-bond acceptors (Lipinski definition) is 10. The van der Waals surface area contributed by atoms with Gasteiger partial charge in [-0.05, 0) is 96.3 Å². The number of ether oxygens (including phenoxy) is 3. The molecule has 0 radical (unpaired) electrons. The summed E-state index contributed by atoms with van der Waals surface area (Å²) in [5.74, 6) is -1.48. The van der Waals surface area contributed by atoms with E-state index in [9.17, 15) is 28.9 Å². The molecule has 0 rings (SSSR count). The van der Waals surface area contributed by atoms with E-state index in [1.165, 1.54) is 122 Å². The monoisotopic (exact) mass is 1040 g/mol. The van der Waals surface area contributed by atoms with E-state index in [1.54, 1.807) is 0 Å². The number of hydrogen-bond donors (Lipinski definition) is 2. The summed E-state index contributed by atoms with van der Waals surface area (Å²) in [4.78, 5) is 48.5. The van der Waals surface area contributed by atoms with Crippen molar-refractivity contribution < 1.29 is 52.2 Å². The molecule has 0 aliphatic rings. The molecule has 0 fully saturated rings. The molecule has 0 aromatic heterocycles. The molecular formula is C60H109O11P. The highest BCUT2D eigenvalue weighted by Gasteiger charge is 2.28. The van der Waals surface area contributed by atoms with Gasteiger partial charge >= 0.3 is 25.7 Å². The summed E-state index contributed by atoms with van der Waals surface area (Å²) in [7, 11) is -4.75. The number of carbonyl (C=O) groups excluding carboxylic acids is 3. The van der Waals surface area contributed by atoms with E-state index in [2.05, 4.69) is 69.4 Å². The average molecular weight is 1040 g/mol. The molecule has 2 N–H and O–H groups in total. The summed E-state index contributed by atoms with van der Waals surface area (Å²) >= 11 is 0. The molecule has 0 bridgehead atoms. The van der Waals surface area contributed by atoms with E-state index in [4.69, 9.17) is 23.3 Å². The van der Waals surface area contributed by atoms with Crippen molar-refractivity contribution in [3.8, 4) is 0 Å². The van der Waals surface area contributed by atoms with Crippen LogP contribution in [0, 0.1) is 0 Å². The van der Waals surface area contributed by atoms with Gasteiger partial charge < -0.3 is 24.2 Å². The van der Waals surface area contributed by atoms with Crippen molar-refractivity contribution in [2.75, 3.05) is 26.4 Å². The minimum Gasteiger partial charge on any atom is -0.462 e. The highest BCUT2D eigenvalue weighted by molar-refractivity contribution is 7.47. The van der Waals surface area contributed by atoms with E-state index in [-0.39, 0.29) is 25.9 Å². The fourth-order valence-electron chi connectivity index (χ4n) is 8.13. The third kappa shape index (κ3) is 52.3. The minimum atomic E-state index is -4.75. The zero-order valence-electron chi connectivity index (χ0n) is 46.4. The summed E-state index contributed by atoms with van der Waals surface area (Å²) < 4.78 is 39.5. The Bertz CT molecular complexity index is 1400. The van der Waals surface area contributed by atoms with Gasteiger partial charge in [-0.15, -0.1) is 0 Å². The average Bonchev–Trinajstić information content (AvgIpc) is 3.37.